The number of piperidine rings is 1. The van der Waals surface area contributed by atoms with Gasteiger partial charge in [0.2, 0.25) is 5.95 Å². The lowest BCUT2D eigenvalue weighted by atomic mass is 10.0. The maximum atomic E-state index is 13.4. The molecule has 6 rings (SSSR count). The largest absolute Gasteiger partial charge is 0.490 e. The Morgan fingerprint density at radius 2 is 1.57 bits per heavy atom. The number of ether oxygens (including phenoxy) is 3. The first-order valence-electron chi connectivity index (χ1n) is 15.2. The van der Waals surface area contributed by atoms with Crippen molar-refractivity contribution in [2.45, 2.75) is 52.5 Å². The molecule has 4 heterocycles. The fraction of sp³-hybridized carbons (Fsp3) is 0.500. The van der Waals surface area contributed by atoms with Crippen LogP contribution in [0.1, 0.15) is 51.1 Å². The number of aryl methyl sites for hydroxylation is 1. The molecule has 0 amide bonds. The first-order valence-corrected chi connectivity index (χ1v) is 15.2. The van der Waals surface area contributed by atoms with E-state index in [1.807, 2.05) is 41.8 Å². The third kappa shape index (κ3) is 5.72. The summed E-state index contributed by atoms with van der Waals surface area (Å²) in [6.45, 7) is 11.7. The van der Waals surface area contributed by atoms with E-state index in [4.69, 9.17) is 24.2 Å². The average Bonchev–Trinajstić information content (AvgIpc) is 3.03. The summed E-state index contributed by atoms with van der Waals surface area (Å²) in [5, 5.41) is 1.62. The summed E-state index contributed by atoms with van der Waals surface area (Å²) in [5.41, 5.74) is 2.67. The summed E-state index contributed by atoms with van der Waals surface area (Å²) < 4.78 is 19.7. The summed E-state index contributed by atoms with van der Waals surface area (Å²) in [5.74, 6) is 3.04. The van der Waals surface area contributed by atoms with Crippen LogP contribution >= 0.6 is 0 Å². The molecule has 10 nitrogen and oxygen atoms in total. The van der Waals surface area contributed by atoms with Crippen LogP contribution in [0.15, 0.2) is 41.5 Å². The Labute approximate surface area is 246 Å². The van der Waals surface area contributed by atoms with Crippen LogP contribution in [0.25, 0.3) is 21.8 Å². The van der Waals surface area contributed by atoms with E-state index in [-0.39, 0.29) is 11.6 Å². The Bertz CT molecular complexity index is 1610. The lowest BCUT2D eigenvalue weighted by Crippen LogP contribution is -2.39. The molecule has 0 spiro atoms. The Balaban J connectivity index is 1.34. The second-order valence-electron chi connectivity index (χ2n) is 11.2. The molecular weight excluding hydrogens is 532 g/mol. The molecule has 0 bridgehead atoms. The highest BCUT2D eigenvalue weighted by Gasteiger charge is 2.27. The van der Waals surface area contributed by atoms with Gasteiger partial charge in [-0.15, -0.1) is 0 Å². The Morgan fingerprint density at radius 3 is 2.29 bits per heavy atom. The molecule has 0 N–H and O–H groups in total. The van der Waals surface area contributed by atoms with E-state index in [0.29, 0.717) is 43.5 Å². The van der Waals surface area contributed by atoms with Crippen molar-refractivity contribution in [2.75, 3.05) is 62.4 Å². The predicted octanol–water partition coefficient (Wildman–Crippen LogP) is 4.90. The average molecular weight is 573 g/mol. The third-order valence-electron chi connectivity index (χ3n) is 8.04. The van der Waals surface area contributed by atoms with E-state index in [0.717, 1.165) is 85.4 Å². The van der Waals surface area contributed by atoms with Crippen molar-refractivity contribution in [2.24, 2.45) is 0 Å². The first-order chi connectivity index (χ1) is 20.6. The van der Waals surface area contributed by atoms with E-state index in [1.54, 1.807) is 6.33 Å². The number of anilines is 2. The second-order valence-corrected chi connectivity index (χ2v) is 11.2. The number of fused-ring (bicyclic) bond motifs is 2. The Kier molecular flexibility index (Phi) is 8.41. The van der Waals surface area contributed by atoms with Gasteiger partial charge < -0.3 is 24.0 Å². The minimum Gasteiger partial charge on any atom is -0.490 e. The van der Waals surface area contributed by atoms with Crippen LogP contribution in [0.3, 0.4) is 0 Å². The quantitative estimate of drug-likeness (QED) is 0.277. The van der Waals surface area contributed by atoms with Crippen LogP contribution in [0, 0.1) is 6.92 Å². The number of hydrogen-bond acceptors (Lipinski definition) is 9. The molecule has 0 unspecified atom stereocenters. The number of benzene rings is 2. The molecule has 0 aliphatic carbocycles. The standard InChI is InChI=1S/C32H40N6O4/c1-4-14-41-28-19-24-27(20-29(28)42-15-5-2)34-32(37-12-16-40-17-13-37)35-30(24)36-10-8-23(9-11-36)38-21-33-26-7-6-22(3)18-25(26)31(38)39/h6-7,18-21,23H,4-5,8-17H2,1-3H3. The summed E-state index contributed by atoms with van der Waals surface area (Å²) in [6.07, 6.45) is 5.15. The SMILES string of the molecule is CCCOc1cc2nc(N3CCOCC3)nc(N3CCC(n4cnc5ccc(C)cc5c4=O)CC3)c2cc1OCCC. The molecule has 0 radical (unpaired) electrons. The molecule has 2 aliphatic heterocycles. The van der Waals surface area contributed by atoms with Gasteiger partial charge in [0.05, 0.1) is 49.2 Å². The molecule has 42 heavy (non-hydrogen) atoms. The van der Waals surface area contributed by atoms with Crippen molar-refractivity contribution in [3.8, 4) is 11.5 Å². The molecular formula is C32H40N6O4. The topological polar surface area (TPSA) is 94.8 Å². The number of rotatable bonds is 9. The normalized spacial score (nSPS) is 16.4. The van der Waals surface area contributed by atoms with Crippen LogP contribution in [-0.2, 0) is 4.74 Å². The van der Waals surface area contributed by atoms with Crippen LogP contribution in [-0.4, -0.2) is 72.1 Å². The van der Waals surface area contributed by atoms with Crippen molar-refractivity contribution < 1.29 is 14.2 Å². The van der Waals surface area contributed by atoms with Gasteiger partial charge in [0.25, 0.3) is 5.56 Å². The number of morpholine rings is 1. The fourth-order valence-electron chi connectivity index (χ4n) is 5.77. The van der Waals surface area contributed by atoms with E-state index in [2.05, 4.69) is 28.6 Å². The summed E-state index contributed by atoms with van der Waals surface area (Å²) in [4.78, 5) is 32.6. The predicted molar refractivity (Wildman–Crippen MR) is 165 cm³/mol. The summed E-state index contributed by atoms with van der Waals surface area (Å²) >= 11 is 0. The summed E-state index contributed by atoms with van der Waals surface area (Å²) in [7, 11) is 0. The molecule has 0 saturated carbocycles. The van der Waals surface area contributed by atoms with E-state index in [1.165, 1.54) is 0 Å². The van der Waals surface area contributed by atoms with Crippen molar-refractivity contribution >= 4 is 33.6 Å². The van der Waals surface area contributed by atoms with Gasteiger partial charge in [-0.25, -0.2) is 9.97 Å². The fourth-order valence-corrected chi connectivity index (χ4v) is 5.77. The Hall–Kier alpha value is -3.92. The molecule has 222 valence electrons. The third-order valence-corrected chi connectivity index (χ3v) is 8.04. The smallest absolute Gasteiger partial charge is 0.261 e. The zero-order valence-corrected chi connectivity index (χ0v) is 24.8. The van der Waals surface area contributed by atoms with Gasteiger partial charge in [-0.05, 0) is 50.8 Å². The van der Waals surface area contributed by atoms with Gasteiger partial charge in [0.1, 0.15) is 5.82 Å². The van der Waals surface area contributed by atoms with Gasteiger partial charge >= 0.3 is 0 Å². The number of nitrogens with zero attached hydrogens (tertiary/aromatic N) is 6. The maximum Gasteiger partial charge on any atom is 0.261 e. The zero-order chi connectivity index (χ0) is 29.1. The lowest BCUT2D eigenvalue weighted by molar-refractivity contribution is 0.122. The molecule has 4 aromatic rings. The maximum absolute atomic E-state index is 13.4. The van der Waals surface area contributed by atoms with Crippen LogP contribution in [0.2, 0.25) is 0 Å². The number of aromatic nitrogens is 4. The van der Waals surface area contributed by atoms with Gasteiger partial charge in [0, 0.05) is 43.7 Å². The van der Waals surface area contributed by atoms with Gasteiger partial charge in [-0.3, -0.25) is 9.36 Å². The Morgan fingerprint density at radius 1 is 0.857 bits per heavy atom. The molecule has 2 fully saturated rings. The second kappa shape index (κ2) is 12.5. The molecule has 2 aromatic heterocycles. The van der Waals surface area contributed by atoms with Gasteiger partial charge in [-0.2, -0.15) is 4.98 Å². The molecule has 2 aromatic carbocycles. The van der Waals surface area contributed by atoms with Crippen LogP contribution < -0.4 is 24.8 Å². The monoisotopic (exact) mass is 572 g/mol. The van der Waals surface area contributed by atoms with Crippen LogP contribution in [0.4, 0.5) is 11.8 Å². The zero-order valence-electron chi connectivity index (χ0n) is 24.8. The van der Waals surface area contributed by atoms with Gasteiger partial charge in [0.15, 0.2) is 11.5 Å². The lowest BCUT2D eigenvalue weighted by Gasteiger charge is -2.35. The molecule has 2 aliphatic rings. The van der Waals surface area contributed by atoms with Gasteiger partial charge in [-0.1, -0.05) is 25.5 Å². The van der Waals surface area contributed by atoms with Crippen LogP contribution in [0.5, 0.6) is 11.5 Å². The molecule has 0 atom stereocenters. The molecule has 2 saturated heterocycles. The van der Waals surface area contributed by atoms with Crippen molar-refractivity contribution in [3.05, 3.63) is 52.6 Å². The minimum absolute atomic E-state index is 0.0292. The molecule has 10 heteroatoms. The van der Waals surface area contributed by atoms with E-state index >= 15 is 0 Å². The van der Waals surface area contributed by atoms with Crippen molar-refractivity contribution in [1.29, 1.82) is 0 Å². The van der Waals surface area contributed by atoms with Crippen molar-refractivity contribution in [3.63, 3.8) is 0 Å². The highest BCUT2D eigenvalue weighted by molar-refractivity contribution is 5.93. The minimum atomic E-state index is 0.0292. The highest BCUT2D eigenvalue weighted by atomic mass is 16.5. The first kappa shape index (κ1) is 28.2. The van der Waals surface area contributed by atoms with E-state index in [9.17, 15) is 4.79 Å². The highest BCUT2D eigenvalue weighted by Crippen LogP contribution is 2.38. The number of hydrogen-bond donors (Lipinski definition) is 0. The summed E-state index contributed by atoms with van der Waals surface area (Å²) in [6, 6.07) is 9.97. The van der Waals surface area contributed by atoms with Crippen molar-refractivity contribution in [1.82, 2.24) is 19.5 Å². The van der Waals surface area contributed by atoms with E-state index < -0.39 is 0 Å².